The fourth-order valence-electron chi connectivity index (χ4n) is 3.40. The van der Waals surface area contributed by atoms with E-state index in [2.05, 4.69) is 40.5 Å². The molecule has 126 valence electrons. The van der Waals surface area contributed by atoms with Crippen LogP contribution >= 0.6 is 0 Å². The summed E-state index contributed by atoms with van der Waals surface area (Å²) in [6.07, 6.45) is 3.50. The summed E-state index contributed by atoms with van der Waals surface area (Å²) < 4.78 is 0. The number of hydrogen-bond donors (Lipinski definition) is 1. The van der Waals surface area contributed by atoms with Crippen LogP contribution in [0.15, 0.2) is 54.6 Å². The van der Waals surface area contributed by atoms with Gasteiger partial charge in [0.15, 0.2) is 0 Å². The van der Waals surface area contributed by atoms with Crippen molar-refractivity contribution in [1.29, 1.82) is 0 Å². The third-order valence-electron chi connectivity index (χ3n) is 4.86. The average molecular weight is 322 g/mol. The van der Waals surface area contributed by atoms with E-state index in [1.807, 2.05) is 31.2 Å². The van der Waals surface area contributed by atoms with Crippen molar-refractivity contribution in [3.63, 3.8) is 0 Å². The summed E-state index contributed by atoms with van der Waals surface area (Å²) in [7, 11) is 0. The number of aryl methyl sites for hydroxylation is 1. The van der Waals surface area contributed by atoms with E-state index < -0.39 is 0 Å². The maximum atomic E-state index is 12.3. The number of carbonyl (C=O) groups is 1. The topological polar surface area (TPSA) is 32.3 Å². The lowest BCUT2D eigenvalue weighted by molar-refractivity contribution is -0.117. The van der Waals surface area contributed by atoms with E-state index in [1.165, 1.54) is 18.4 Å². The van der Waals surface area contributed by atoms with Gasteiger partial charge in [-0.3, -0.25) is 9.69 Å². The van der Waals surface area contributed by atoms with E-state index in [0.29, 0.717) is 6.54 Å². The van der Waals surface area contributed by atoms with Gasteiger partial charge in [0.2, 0.25) is 5.91 Å². The van der Waals surface area contributed by atoms with E-state index in [-0.39, 0.29) is 5.91 Å². The Bertz CT molecular complexity index is 661. The normalized spacial score (nSPS) is 16.0. The molecule has 3 nitrogen and oxygen atoms in total. The smallest absolute Gasteiger partial charge is 0.238 e. The molecule has 1 saturated heterocycles. The van der Waals surface area contributed by atoms with Crippen molar-refractivity contribution in [2.75, 3.05) is 25.0 Å². The van der Waals surface area contributed by atoms with Gasteiger partial charge >= 0.3 is 0 Å². The second-order valence-electron chi connectivity index (χ2n) is 6.77. The minimum Gasteiger partial charge on any atom is -0.325 e. The highest BCUT2D eigenvalue weighted by Gasteiger charge is 2.21. The van der Waals surface area contributed by atoms with E-state index >= 15 is 0 Å². The number of anilines is 1. The summed E-state index contributed by atoms with van der Waals surface area (Å²) in [6, 6.07) is 18.6. The minimum absolute atomic E-state index is 0.0887. The first-order valence-corrected chi connectivity index (χ1v) is 8.82. The highest BCUT2D eigenvalue weighted by atomic mass is 16.2. The summed E-state index contributed by atoms with van der Waals surface area (Å²) >= 11 is 0. The molecule has 3 heteroatoms. The third-order valence-corrected chi connectivity index (χ3v) is 4.86. The van der Waals surface area contributed by atoms with Crippen molar-refractivity contribution in [1.82, 2.24) is 4.90 Å². The Hall–Kier alpha value is -2.13. The molecule has 3 rings (SSSR count). The molecule has 1 N–H and O–H groups in total. The second kappa shape index (κ2) is 8.11. The highest BCUT2D eigenvalue weighted by molar-refractivity contribution is 5.92. The molecule has 1 fully saturated rings. The van der Waals surface area contributed by atoms with Gasteiger partial charge in [-0.1, -0.05) is 48.5 Å². The van der Waals surface area contributed by atoms with Crippen molar-refractivity contribution in [2.24, 2.45) is 5.92 Å². The predicted octanol–water partition coefficient (Wildman–Crippen LogP) is 3.89. The Morgan fingerprint density at radius 2 is 1.71 bits per heavy atom. The first-order chi connectivity index (χ1) is 11.7. The van der Waals surface area contributed by atoms with Crippen LogP contribution in [0.5, 0.6) is 0 Å². The molecule has 0 saturated carbocycles. The standard InChI is InChI=1S/C21H26N2O/c1-17-7-5-6-10-20(17)22-21(24)16-23-13-11-19(12-14-23)15-18-8-3-2-4-9-18/h2-10,19H,11-16H2,1H3,(H,22,24). The summed E-state index contributed by atoms with van der Waals surface area (Å²) in [4.78, 5) is 14.5. The number of rotatable bonds is 5. The van der Waals surface area contributed by atoms with Crippen LogP contribution in [0.3, 0.4) is 0 Å². The Morgan fingerprint density at radius 3 is 2.42 bits per heavy atom. The van der Waals surface area contributed by atoms with Crippen LogP contribution in [0.4, 0.5) is 5.69 Å². The van der Waals surface area contributed by atoms with Gasteiger partial charge in [0.05, 0.1) is 6.54 Å². The van der Waals surface area contributed by atoms with E-state index in [9.17, 15) is 4.79 Å². The Morgan fingerprint density at radius 1 is 1.04 bits per heavy atom. The molecule has 0 radical (unpaired) electrons. The summed E-state index contributed by atoms with van der Waals surface area (Å²) in [6.45, 7) is 4.54. The molecule has 1 aliphatic rings. The van der Waals surface area contributed by atoms with Crippen molar-refractivity contribution < 1.29 is 4.79 Å². The first kappa shape index (κ1) is 16.7. The van der Waals surface area contributed by atoms with Gasteiger partial charge < -0.3 is 5.32 Å². The van der Waals surface area contributed by atoms with Gasteiger partial charge in [0.25, 0.3) is 0 Å². The fourth-order valence-corrected chi connectivity index (χ4v) is 3.40. The predicted molar refractivity (Wildman–Crippen MR) is 99.1 cm³/mol. The molecule has 0 atom stereocenters. The van der Waals surface area contributed by atoms with Crippen LogP contribution in [-0.4, -0.2) is 30.4 Å². The van der Waals surface area contributed by atoms with Gasteiger partial charge in [0.1, 0.15) is 0 Å². The number of benzene rings is 2. The Kier molecular flexibility index (Phi) is 5.65. The molecule has 0 unspecified atom stereocenters. The van der Waals surface area contributed by atoms with Crippen LogP contribution in [0.1, 0.15) is 24.0 Å². The molecule has 24 heavy (non-hydrogen) atoms. The largest absolute Gasteiger partial charge is 0.325 e. The van der Waals surface area contributed by atoms with Crippen molar-refractivity contribution in [3.05, 3.63) is 65.7 Å². The van der Waals surface area contributed by atoms with Crippen molar-refractivity contribution >= 4 is 11.6 Å². The lowest BCUT2D eigenvalue weighted by atomic mass is 9.90. The zero-order chi connectivity index (χ0) is 16.8. The van der Waals surface area contributed by atoms with Gasteiger partial charge in [0, 0.05) is 5.69 Å². The SMILES string of the molecule is Cc1ccccc1NC(=O)CN1CCC(Cc2ccccc2)CC1. The fraction of sp³-hybridized carbons (Fsp3) is 0.381. The quantitative estimate of drug-likeness (QED) is 0.906. The van der Waals surface area contributed by atoms with Crippen molar-refractivity contribution in [2.45, 2.75) is 26.2 Å². The van der Waals surface area contributed by atoms with Gasteiger partial charge in [-0.15, -0.1) is 0 Å². The molecule has 2 aromatic rings. The summed E-state index contributed by atoms with van der Waals surface area (Å²) in [5, 5.41) is 3.03. The Balaban J connectivity index is 1.43. The highest BCUT2D eigenvalue weighted by Crippen LogP contribution is 2.21. The summed E-state index contributed by atoms with van der Waals surface area (Å²) in [5.41, 5.74) is 3.45. The number of carbonyl (C=O) groups excluding carboxylic acids is 1. The molecule has 1 heterocycles. The zero-order valence-electron chi connectivity index (χ0n) is 14.4. The summed E-state index contributed by atoms with van der Waals surface area (Å²) in [5.74, 6) is 0.828. The number of hydrogen-bond acceptors (Lipinski definition) is 2. The van der Waals surface area contributed by atoms with Crippen LogP contribution in [0.25, 0.3) is 0 Å². The molecule has 0 aromatic heterocycles. The minimum atomic E-state index is 0.0887. The number of likely N-dealkylation sites (tertiary alicyclic amines) is 1. The van der Waals surface area contributed by atoms with Crippen LogP contribution in [0.2, 0.25) is 0 Å². The number of amides is 1. The number of para-hydroxylation sites is 1. The molecular weight excluding hydrogens is 296 g/mol. The van der Waals surface area contributed by atoms with Crippen LogP contribution in [0, 0.1) is 12.8 Å². The third kappa shape index (κ3) is 4.68. The molecule has 0 spiro atoms. The number of piperidine rings is 1. The van der Waals surface area contributed by atoms with Crippen LogP contribution < -0.4 is 5.32 Å². The number of nitrogens with zero attached hydrogens (tertiary/aromatic N) is 1. The molecule has 1 aliphatic heterocycles. The van der Waals surface area contributed by atoms with Gasteiger partial charge in [-0.25, -0.2) is 0 Å². The van der Waals surface area contributed by atoms with Crippen molar-refractivity contribution in [3.8, 4) is 0 Å². The first-order valence-electron chi connectivity index (χ1n) is 8.82. The molecule has 0 bridgehead atoms. The van der Waals surface area contributed by atoms with E-state index in [0.717, 1.165) is 36.7 Å². The van der Waals surface area contributed by atoms with Gasteiger partial charge in [-0.05, 0) is 62.4 Å². The molecule has 0 aliphatic carbocycles. The van der Waals surface area contributed by atoms with E-state index in [1.54, 1.807) is 0 Å². The maximum absolute atomic E-state index is 12.3. The van der Waals surface area contributed by atoms with Crippen LogP contribution in [-0.2, 0) is 11.2 Å². The molecule has 2 aromatic carbocycles. The monoisotopic (exact) mass is 322 g/mol. The number of nitrogens with one attached hydrogen (secondary N) is 1. The molecular formula is C21H26N2O. The lowest BCUT2D eigenvalue weighted by Gasteiger charge is -2.31. The van der Waals surface area contributed by atoms with Gasteiger partial charge in [-0.2, -0.15) is 0 Å². The Labute approximate surface area is 144 Å². The molecule has 1 amide bonds. The average Bonchev–Trinajstić information content (AvgIpc) is 2.60. The maximum Gasteiger partial charge on any atom is 0.238 e. The lowest BCUT2D eigenvalue weighted by Crippen LogP contribution is -2.39. The van der Waals surface area contributed by atoms with E-state index in [4.69, 9.17) is 0 Å². The second-order valence-corrected chi connectivity index (χ2v) is 6.77. The zero-order valence-corrected chi connectivity index (χ0v) is 14.4.